The zero-order valence-corrected chi connectivity index (χ0v) is 16.1. The second kappa shape index (κ2) is 8.29. The van der Waals surface area contributed by atoms with Crippen LogP contribution in [0, 0.1) is 5.92 Å². The molecule has 3 rings (SSSR count). The van der Waals surface area contributed by atoms with E-state index in [9.17, 15) is 9.59 Å². The smallest absolute Gasteiger partial charge is 0.271 e. The Morgan fingerprint density at radius 1 is 1.30 bits per heavy atom. The van der Waals surface area contributed by atoms with Crippen LogP contribution in [0.25, 0.3) is 0 Å². The van der Waals surface area contributed by atoms with Crippen molar-refractivity contribution >= 4 is 11.8 Å². The Morgan fingerprint density at radius 2 is 2.11 bits per heavy atom. The highest BCUT2D eigenvalue weighted by Crippen LogP contribution is 2.20. The SMILES string of the molecule is CCOc1cccc(CNC(=O)C2Cn3cccc3C(=O)N2CC(C)C)c1. The number of rotatable bonds is 7. The standard InChI is InChI=1S/C21H27N3O3/c1-4-27-17-8-5-7-16(11-17)12-22-20(25)19-14-23-10-6-9-18(23)21(26)24(19)13-15(2)3/h5-11,15,19H,4,12-14H2,1-3H3,(H,22,25). The first kappa shape index (κ1) is 19.0. The molecule has 0 fully saturated rings. The Bertz CT molecular complexity index is 813. The number of nitrogens with zero attached hydrogens (tertiary/aromatic N) is 2. The Morgan fingerprint density at radius 3 is 2.85 bits per heavy atom. The molecule has 1 aliphatic rings. The van der Waals surface area contributed by atoms with Crippen molar-refractivity contribution in [3.63, 3.8) is 0 Å². The molecule has 1 atom stereocenters. The lowest BCUT2D eigenvalue weighted by Crippen LogP contribution is -2.55. The van der Waals surface area contributed by atoms with E-state index in [1.807, 2.05) is 54.1 Å². The van der Waals surface area contributed by atoms with Crippen LogP contribution >= 0.6 is 0 Å². The summed E-state index contributed by atoms with van der Waals surface area (Å²) in [4.78, 5) is 27.4. The highest BCUT2D eigenvalue weighted by Gasteiger charge is 2.36. The molecule has 6 nitrogen and oxygen atoms in total. The van der Waals surface area contributed by atoms with Crippen LogP contribution in [-0.2, 0) is 17.9 Å². The maximum absolute atomic E-state index is 12.9. The number of fused-ring (bicyclic) bond motifs is 1. The van der Waals surface area contributed by atoms with Gasteiger partial charge in [0.2, 0.25) is 5.91 Å². The van der Waals surface area contributed by atoms with Gasteiger partial charge in [0.05, 0.1) is 13.2 Å². The molecule has 0 spiro atoms. The molecule has 0 bridgehead atoms. The van der Waals surface area contributed by atoms with Crippen LogP contribution in [0.1, 0.15) is 36.8 Å². The molecular formula is C21H27N3O3. The zero-order chi connectivity index (χ0) is 19.4. The van der Waals surface area contributed by atoms with Gasteiger partial charge in [0.1, 0.15) is 17.5 Å². The summed E-state index contributed by atoms with van der Waals surface area (Å²) in [5.41, 5.74) is 1.61. The molecule has 2 amide bonds. The van der Waals surface area contributed by atoms with Gasteiger partial charge in [-0.2, -0.15) is 0 Å². The molecule has 0 radical (unpaired) electrons. The average Bonchev–Trinajstić information content (AvgIpc) is 3.11. The highest BCUT2D eigenvalue weighted by molar-refractivity contribution is 5.97. The van der Waals surface area contributed by atoms with E-state index in [4.69, 9.17) is 4.74 Å². The Hall–Kier alpha value is -2.76. The quantitative estimate of drug-likeness (QED) is 0.816. The monoisotopic (exact) mass is 369 g/mol. The van der Waals surface area contributed by atoms with Crippen LogP contribution in [0.2, 0.25) is 0 Å². The van der Waals surface area contributed by atoms with E-state index < -0.39 is 6.04 Å². The minimum atomic E-state index is -0.505. The van der Waals surface area contributed by atoms with Crippen LogP contribution in [-0.4, -0.2) is 40.5 Å². The van der Waals surface area contributed by atoms with Crippen molar-refractivity contribution in [2.24, 2.45) is 5.92 Å². The van der Waals surface area contributed by atoms with Crippen LogP contribution < -0.4 is 10.1 Å². The lowest BCUT2D eigenvalue weighted by Gasteiger charge is -2.36. The van der Waals surface area contributed by atoms with Crippen molar-refractivity contribution in [2.45, 2.75) is 39.9 Å². The summed E-state index contributed by atoms with van der Waals surface area (Å²) < 4.78 is 7.37. The van der Waals surface area contributed by atoms with E-state index in [0.29, 0.717) is 31.9 Å². The van der Waals surface area contributed by atoms with Gasteiger partial charge >= 0.3 is 0 Å². The minimum absolute atomic E-state index is 0.0848. The molecule has 0 saturated heterocycles. The lowest BCUT2D eigenvalue weighted by atomic mass is 10.1. The van der Waals surface area contributed by atoms with Crippen LogP contribution in [0.4, 0.5) is 0 Å². The minimum Gasteiger partial charge on any atom is -0.494 e. The summed E-state index contributed by atoms with van der Waals surface area (Å²) in [7, 11) is 0. The van der Waals surface area contributed by atoms with Crippen LogP contribution in [0.15, 0.2) is 42.6 Å². The molecule has 1 aliphatic heterocycles. The summed E-state index contributed by atoms with van der Waals surface area (Å²) in [6.45, 7) is 8.08. The number of nitrogens with one attached hydrogen (secondary N) is 1. The summed E-state index contributed by atoms with van der Waals surface area (Å²) in [5.74, 6) is 0.854. The third kappa shape index (κ3) is 4.32. The van der Waals surface area contributed by atoms with Gasteiger partial charge in [0.25, 0.3) is 5.91 Å². The van der Waals surface area contributed by atoms with Gasteiger partial charge in [-0.3, -0.25) is 9.59 Å². The van der Waals surface area contributed by atoms with Gasteiger partial charge in [0, 0.05) is 19.3 Å². The first-order valence-electron chi connectivity index (χ1n) is 9.45. The van der Waals surface area contributed by atoms with Crippen molar-refractivity contribution < 1.29 is 14.3 Å². The fraction of sp³-hybridized carbons (Fsp3) is 0.429. The second-order valence-electron chi connectivity index (χ2n) is 7.21. The largest absolute Gasteiger partial charge is 0.494 e. The number of hydrogen-bond donors (Lipinski definition) is 1. The summed E-state index contributed by atoms with van der Waals surface area (Å²) in [5, 5.41) is 2.98. The predicted octanol–water partition coefficient (Wildman–Crippen LogP) is 2.68. The van der Waals surface area contributed by atoms with Crippen molar-refractivity contribution in [3.05, 3.63) is 53.9 Å². The maximum Gasteiger partial charge on any atom is 0.271 e. The van der Waals surface area contributed by atoms with Crippen LogP contribution in [0.3, 0.4) is 0 Å². The molecular weight excluding hydrogens is 342 g/mol. The van der Waals surface area contributed by atoms with Gasteiger partial charge < -0.3 is 19.5 Å². The molecule has 2 heterocycles. The number of ether oxygens (including phenoxy) is 1. The maximum atomic E-state index is 12.9. The van der Waals surface area contributed by atoms with Gasteiger partial charge in [0.15, 0.2) is 0 Å². The number of carbonyl (C=O) groups is 2. The van der Waals surface area contributed by atoms with Crippen LogP contribution in [0.5, 0.6) is 5.75 Å². The van der Waals surface area contributed by atoms with Crippen molar-refractivity contribution in [3.8, 4) is 5.75 Å². The molecule has 144 valence electrons. The van der Waals surface area contributed by atoms with E-state index in [1.165, 1.54) is 0 Å². The number of benzene rings is 1. The predicted molar refractivity (Wildman–Crippen MR) is 104 cm³/mol. The summed E-state index contributed by atoms with van der Waals surface area (Å²) in [6.07, 6.45) is 1.85. The average molecular weight is 369 g/mol. The molecule has 0 saturated carbocycles. The molecule has 6 heteroatoms. The first-order chi connectivity index (χ1) is 13.0. The second-order valence-corrected chi connectivity index (χ2v) is 7.21. The molecule has 27 heavy (non-hydrogen) atoms. The van der Waals surface area contributed by atoms with E-state index in [0.717, 1.165) is 11.3 Å². The third-order valence-corrected chi connectivity index (χ3v) is 4.60. The third-order valence-electron chi connectivity index (χ3n) is 4.60. The fourth-order valence-electron chi connectivity index (χ4n) is 3.39. The van der Waals surface area contributed by atoms with Gasteiger partial charge in [-0.1, -0.05) is 26.0 Å². The molecule has 2 aromatic rings. The molecule has 0 aliphatic carbocycles. The lowest BCUT2D eigenvalue weighted by molar-refractivity contribution is -0.126. The molecule has 1 N–H and O–H groups in total. The zero-order valence-electron chi connectivity index (χ0n) is 16.1. The number of amides is 2. The van der Waals surface area contributed by atoms with E-state index in [2.05, 4.69) is 19.2 Å². The molecule has 1 aromatic heterocycles. The molecule has 1 unspecified atom stereocenters. The van der Waals surface area contributed by atoms with Crippen molar-refractivity contribution in [1.29, 1.82) is 0 Å². The van der Waals surface area contributed by atoms with Gasteiger partial charge in [-0.15, -0.1) is 0 Å². The molecule has 1 aromatic carbocycles. The fourth-order valence-corrected chi connectivity index (χ4v) is 3.39. The summed E-state index contributed by atoms with van der Waals surface area (Å²) in [6, 6.07) is 10.8. The number of carbonyl (C=O) groups excluding carboxylic acids is 2. The van der Waals surface area contributed by atoms with Gasteiger partial charge in [-0.05, 0) is 42.7 Å². The van der Waals surface area contributed by atoms with E-state index >= 15 is 0 Å². The van der Waals surface area contributed by atoms with Gasteiger partial charge in [-0.25, -0.2) is 0 Å². The number of hydrogen-bond acceptors (Lipinski definition) is 3. The Kier molecular flexibility index (Phi) is 5.84. The first-order valence-corrected chi connectivity index (χ1v) is 9.45. The highest BCUT2D eigenvalue weighted by atomic mass is 16.5. The Labute approximate surface area is 160 Å². The Balaban J connectivity index is 1.72. The normalized spacial score (nSPS) is 16.4. The topological polar surface area (TPSA) is 63.6 Å². The van der Waals surface area contributed by atoms with E-state index in [1.54, 1.807) is 4.90 Å². The van der Waals surface area contributed by atoms with Crippen molar-refractivity contribution in [1.82, 2.24) is 14.8 Å². The summed E-state index contributed by atoms with van der Waals surface area (Å²) >= 11 is 0. The number of aromatic nitrogens is 1. The van der Waals surface area contributed by atoms with E-state index in [-0.39, 0.29) is 17.7 Å². The van der Waals surface area contributed by atoms with Crippen molar-refractivity contribution in [2.75, 3.05) is 13.2 Å².